The monoisotopic (exact) mass is 233 g/mol. The number of aliphatic hydroxyl groups is 1. The van der Waals surface area contributed by atoms with Crippen LogP contribution in [0.1, 0.15) is 22.5 Å². The molecule has 0 aliphatic rings. The summed E-state index contributed by atoms with van der Waals surface area (Å²) in [6.45, 7) is 2.12. The summed E-state index contributed by atoms with van der Waals surface area (Å²) in [5.41, 5.74) is 2.32. The first kappa shape index (κ1) is 11.7. The number of benzene rings is 1. The van der Waals surface area contributed by atoms with Crippen molar-refractivity contribution in [3.63, 3.8) is 0 Å². The topological polar surface area (TPSA) is 62.3 Å². The molecule has 0 amide bonds. The Hall–Kier alpha value is -1.81. The van der Waals surface area contributed by atoms with Crippen molar-refractivity contribution in [2.45, 2.75) is 13.3 Å². The number of nitrogens with one attached hydrogen (secondary N) is 1. The highest BCUT2D eigenvalue weighted by molar-refractivity contribution is 6.05. The number of aromatic amines is 1. The van der Waals surface area contributed by atoms with Crippen molar-refractivity contribution in [2.24, 2.45) is 0 Å². The van der Waals surface area contributed by atoms with Gasteiger partial charge < -0.3 is 14.8 Å². The quantitative estimate of drug-likeness (QED) is 0.627. The van der Waals surface area contributed by atoms with E-state index in [1.54, 1.807) is 0 Å². The van der Waals surface area contributed by atoms with Crippen molar-refractivity contribution in [1.82, 2.24) is 4.98 Å². The number of hydrogen-bond donors (Lipinski definition) is 2. The molecular weight excluding hydrogens is 218 g/mol. The van der Waals surface area contributed by atoms with Gasteiger partial charge in [-0.25, -0.2) is 4.79 Å². The Morgan fingerprint density at radius 2 is 2.18 bits per heavy atom. The van der Waals surface area contributed by atoms with Crippen molar-refractivity contribution in [3.8, 4) is 0 Å². The lowest BCUT2D eigenvalue weighted by molar-refractivity contribution is 0.0483. The van der Waals surface area contributed by atoms with Gasteiger partial charge >= 0.3 is 5.97 Å². The van der Waals surface area contributed by atoms with Crippen molar-refractivity contribution >= 4 is 16.9 Å². The average Bonchev–Trinajstić information content (AvgIpc) is 2.65. The lowest BCUT2D eigenvalue weighted by Gasteiger charge is -2.03. The Balaban J connectivity index is 2.28. The number of ether oxygens (including phenoxy) is 1. The molecule has 0 fully saturated rings. The summed E-state index contributed by atoms with van der Waals surface area (Å²) in [6.07, 6.45) is 0.465. The summed E-state index contributed by atoms with van der Waals surface area (Å²) >= 11 is 0. The zero-order valence-corrected chi connectivity index (χ0v) is 9.69. The van der Waals surface area contributed by atoms with E-state index in [0.717, 1.165) is 16.6 Å². The first-order valence-electron chi connectivity index (χ1n) is 5.59. The number of esters is 1. The van der Waals surface area contributed by atoms with Crippen LogP contribution >= 0.6 is 0 Å². The maximum Gasteiger partial charge on any atom is 0.340 e. The summed E-state index contributed by atoms with van der Waals surface area (Å²) in [5.74, 6) is -0.339. The zero-order valence-electron chi connectivity index (χ0n) is 9.69. The van der Waals surface area contributed by atoms with Gasteiger partial charge in [0.1, 0.15) is 0 Å². The van der Waals surface area contributed by atoms with E-state index in [1.807, 2.05) is 31.2 Å². The van der Waals surface area contributed by atoms with Crippen molar-refractivity contribution < 1.29 is 14.6 Å². The molecule has 4 heteroatoms. The van der Waals surface area contributed by atoms with Crippen LogP contribution in [-0.4, -0.2) is 29.3 Å². The summed E-state index contributed by atoms with van der Waals surface area (Å²) in [5, 5.41) is 9.51. The number of H-pyrrole nitrogens is 1. The van der Waals surface area contributed by atoms with Gasteiger partial charge in [0, 0.05) is 29.6 Å². The van der Waals surface area contributed by atoms with Crippen molar-refractivity contribution in [3.05, 3.63) is 35.5 Å². The standard InChI is InChI=1S/C13H15NO3/c1-9-12(13(16)17-8-4-7-15)10-5-2-3-6-11(10)14-9/h2-3,5-6,14-15H,4,7-8H2,1H3. The average molecular weight is 233 g/mol. The van der Waals surface area contributed by atoms with Crippen LogP contribution in [0.15, 0.2) is 24.3 Å². The Morgan fingerprint density at radius 1 is 1.41 bits per heavy atom. The highest BCUT2D eigenvalue weighted by atomic mass is 16.5. The molecule has 0 unspecified atom stereocenters. The maximum absolute atomic E-state index is 11.9. The van der Waals surface area contributed by atoms with Gasteiger partial charge in [0.05, 0.1) is 12.2 Å². The molecule has 90 valence electrons. The molecule has 4 nitrogen and oxygen atoms in total. The molecule has 2 aromatic rings. The number of aromatic nitrogens is 1. The van der Waals surface area contributed by atoms with Crippen molar-refractivity contribution in [2.75, 3.05) is 13.2 Å². The van der Waals surface area contributed by atoms with Crippen LogP contribution in [0, 0.1) is 6.92 Å². The second-order valence-electron chi connectivity index (χ2n) is 3.88. The van der Waals surface area contributed by atoms with Gasteiger partial charge in [0.15, 0.2) is 0 Å². The van der Waals surface area contributed by atoms with Crippen LogP contribution < -0.4 is 0 Å². The molecule has 1 aromatic carbocycles. The minimum absolute atomic E-state index is 0.0279. The third-order valence-electron chi connectivity index (χ3n) is 2.63. The second-order valence-corrected chi connectivity index (χ2v) is 3.88. The normalized spacial score (nSPS) is 10.7. The number of aliphatic hydroxyl groups excluding tert-OH is 1. The number of fused-ring (bicyclic) bond motifs is 1. The molecular formula is C13H15NO3. The summed E-state index contributed by atoms with van der Waals surface area (Å²) in [4.78, 5) is 15.0. The lowest BCUT2D eigenvalue weighted by Crippen LogP contribution is -2.08. The van der Waals surface area contributed by atoms with Crippen LogP contribution in [0.25, 0.3) is 10.9 Å². The van der Waals surface area contributed by atoms with E-state index >= 15 is 0 Å². The molecule has 0 saturated carbocycles. The van der Waals surface area contributed by atoms with E-state index in [9.17, 15) is 4.79 Å². The van der Waals surface area contributed by atoms with Crippen LogP contribution in [0.5, 0.6) is 0 Å². The van der Waals surface area contributed by atoms with Crippen LogP contribution in [0.2, 0.25) is 0 Å². The Labute approximate surface area is 99.2 Å². The van der Waals surface area contributed by atoms with Gasteiger partial charge in [-0.2, -0.15) is 0 Å². The number of carbonyl (C=O) groups excluding carboxylic acids is 1. The molecule has 2 rings (SSSR count). The van der Waals surface area contributed by atoms with E-state index in [-0.39, 0.29) is 19.2 Å². The van der Waals surface area contributed by atoms with Gasteiger partial charge in [0.25, 0.3) is 0 Å². The molecule has 0 bridgehead atoms. The molecule has 0 saturated heterocycles. The first-order valence-corrected chi connectivity index (χ1v) is 5.59. The Kier molecular flexibility index (Phi) is 3.44. The molecule has 0 aliphatic carbocycles. The second kappa shape index (κ2) is 5.01. The minimum Gasteiger partial charge on any atom is -0.462 e. The molecule has 0 radical (unpaired) electrons. The van der Waals surface area contributed by atoms with Crippen LogP contribution in [0.3, 0.4) is 0 Å². The van der Waals surface area contributed by atoms with Gasteiger partial charge in [-0.1, -0.05) is 18.2 Å². The Morgan fingerprint density at radius 3 is 2.94 bits per heavy atom. The fourth-order valence-electron chi connectivity index (χ4n) is 1.84. The molecule has 1 aromatic heterocycles. The zero-order chi connectivity index (χ0) is 12.3. The summed E-state index contributed by atoms with van der Waals surface area (Å²) < 4.78 is 5.10. The summed E-state index contributed by atoms with van der Waals surface area (Å²) in [6, 6.07) is 7.62. The molecule has 1 heterocycles. The van der Waals surface area contributed by atoms with E-state index in [1.165, 1.54) is 0 Å². The fourth-order valence-corrected chi connectivity index (χ4v) is 1.84. The smallest absolute Gasteiger partial charge is 0.340 e. The van der Waals surface area contributed by atoms with Gasteiger partial charge in [0.2, 0.25) is 0 Å². The summed E-state index contributed by atoms with van der Waals surface area (Å²) in [7, 11) is 0. The maximum atomic E-state index is 11.9. The van der Waals surface area contributed by atoms with E-state index in [0.29, 0.717) is 12.0 Å². The molecule has 0 atom stereocenters. The molecule has 17 heavy (non-hydrogen) atoms. The van der Waals surface area contributed by atoms with Gasteiger partial charge in [-0.15, -0.1) is 0 Å². The predicted molar refractivity (Wildman–Crippen MR) is 65.0 cm³/mol. The lowest BCUT2D eigenvalue weighted by atomic mass is 10.1. The number of aryl methyl sites for hydroxylation is 1. The molecule has 0 aliphatic heterocycles. The Bertz CT molecular complexity index is 530. The highest BCUT2D eigenvalue weighted by Gasteiger charge is 2.16. The van der Waals surface area contributed by atoms with E-state index in [2.05, 4.69) is 4.98 Å². The third-order valence-corrected chi connectivity index (χ3v) is 2.63. The first-order chi connectivity index (χ1) is 8.24. The van der Waals surface area contributed by atoms with Crippen LogP contribution in [-0.2, 0) is 4.74 Å². The molecule has 2 N–H and O–H groups in total. The van der Waals surface area contributed by atoms with Crippen molar-refractivity contribution in [1.29, 1.82) is 0 Å². The van der Waals surface area contributed by atoms with Gasteiger partial charge in [-0.05, 0) is 13.0 Å². The number of rotatable bonds is 4. The third kappa shape index (κ3) is 2.31. The minimum atomic E-state index is -0.339. The predicted octanol–water partition coefficient (Wildman–Crippen LogP) is 2.02. The SMILES string of the molecule is Cc1[nH]c2ccccc2c1C(=O)OCCCO. The molecule has 0 spiro atoms. The van der Waals surface area contributed by atoms with E-state index in [4.69, 9.17) is 9.84 Å². The number of para-hydroxylation sites is 1. The number of carbonyl (C=O) groups is 1. The highest BCUT2D eigenvalue weighted by Crippen LogP contribution is 2.22. The number of hydrogen-bond acceptors (Lipinski definition) is 3. The van der Waals surface area contributed by atoms with Gasteiger partial charge in [-0.3, -0.25) is 0 Å². The largest absolute Gasteiger partial charge is 0.462 e. The fraction of sp³-hybridized carbons (Fsp3) is 0.308. The van der Waals surface area contributed by atoms with E-state index < -0.39 is 0 Å². The van der Waals surface area contributed by atoms with Crippen LogP contribution in [0.4, 0.5) is 0 Å².